The Balaban J connectivity index is 2.17. The number of nitrogens with zero attached hydrogens (tertiary/aromatic N) is 1. The number of benzene rings is 2. The fourth-order valence-corrected chi connectivity index (χ4v) is 2.81. The minimum absolute atomic E-state index is 0.126. The lowest BCUT2D eigenvalue weighted by molar-refractivity contribution is 0.0989. The summed E-state index contributed by atoms with van der Waals surface area (Å²) < 4.78 is 5.24. The molecule has 24 heavy (non-hydrogen) atoms. The van der Waals surface area contributed by atoms with Crippen LogP contribution in [-0.2, 0) is 6.42 Å². The number of thioether (sulfide) groups is 1. The van der Waals surface area contributed by atoms with Gasteiger partial charge in [-0.3, -0.25) is 9.59 Å². The Labute approximate surface area is 145 Å². The molecule has 0 aliphatic carbocycles. The van der Waals surface area contributed by atoms with Crippen LogP contribution in [0.15, 0.2) is 47.4 Å². The van der Waals surface area contributed by atoms with Crippen LogP contribution in [0, 0.1) is 0 Å². The maximum absolute atomic E-state index is 12.4. The third kappa shape index (κ3) is 4.29. The maximum Gasteiger partial charge on any atom is 0.285 e. The number of carbonyl (C=O) groups excluding carboxylic acids is 2. The number of phenols is 1. The predicted molar refractivity (Wildman–Crippen MR) is 94.1 cm³/mol. The second-order valence-corrected chi connectivity index (χ2v) is 6.38. The summed E-state index contributed by atoms with van der Waals surface area (Å²) in [7, 11) is 4.86. The molecule has 0 bridgehead atoms. The Bertz CT molecular complexity index is 758. The van der Waals surface area contributed by atoms with Crippen LogP contribution < -0.4 is 4.74 Å². The molecule has 0 spiro atoms. The molecule has 2 rings (SSSR count). The molecule has 1 amide bonds. The molecule has 0 heterocycles. The van der Waals surface area contributed by atoms with Gasteiger partial charge in [0.1, 0.15) is 11.5 Å². The second-order valence-electron chi connectivity index (χ2n) is 5.35. The quantitative estimate of drug-likeness (QED) is 0.662. The van der Waals surface area contributed by atoms with Crippen LogP contribution in [0.4, 0.5) is 4.79 Å². The molecule has 0 atom stereocenters. The smallest absolute Gasteiger partial charge is 0.285 e. The molecule has 2 aromatic rings. The molecule has 2 aromatic carbocycles. The van der Waals surface area contributed by atoms with Crippen LogP contribution in [0.25, 0.3) is 0 Å². The maximum atomic E-state index is 12.4. The Morgan fingerprint density at radius 2 is 1.88 bits per heavy atom. The van der Waals surface area contributed by atoms with Gasteiger partial charge in [-0.05, 0) is 36.0 Å². The normalized spacial score (nSPS) is 10.3. The molecule has 1 N–H and O–H groups in total. The second kappa shape index (κ2) is 7.88. The van der Waals surface area contributed by atoms with Crippen molar-refractivity contribution < 1.29 is 19.4 Å². The van der Waals surface area contributed by atoms with Crippen LogP contribution in [0.5, 0.6) is 11.5 Å². The van der Waals surface area contributed by atoms with E-state index in [9.17, 15) is 14.7 Å². The number of ketones is 1. The first-order chi connectivity index (χ1) is 11.4. The van der Waals surface area contributed by atoms with E-state index < -0.39 is 0 Å². The first-order valence-corrected chi connectivity index (χ1v) is 8.11. The van der Waals surface area contributed by atoms with Crippen molar-refractivity contribution in [2.45, 2.75) is 11.3 Å². The van der Waals surface area contributed by atoms with Crippen molar-refractivity contribution >= 4 is 22.8 Å². The van der Waals surface area contributed by atoms with E-state index in [-0.39, 0.29) is 28.8 Å². The van der Waals surface area contributed by atoms with Crippen molar-refractivity contribution in [3.63, 3.8) is 0 Å². The summed E-state index contributed by atoms with van der Waals surface area (Å²) in [5.74, 6) is 0.285. The summed E-state index contributed by atoms with van der Waals surface area (Å²) in [4.78, 5) is 26.2. The van der Waals surface area contributed by atoms with E-state index in [2.05, 4.69) is 0 Å². The molecule has 6 heteroatoms. The third-order valence-corrected chi connectivity index (χ3v) is 4.41. The standard InChI is InChI=1S/C18H19NO4S/c1-19(2)18(22)24-13-8-9-14(16(21)11-13)15(20)10-12-6-4-5-7-17(12)23-3/h4-9,11,21H,10H2,1-3H3. The number of para-hydroxylation sites is 1. The molecule has 0 saturated heterocycles. The van der Waals surface area contributed by atoms with Crippen LogP contribution in [-0.4, -0.2) is 42.2 Å². The van der Waals surface area contributed by atoms with Crippen molar-refractivity contribution in [2.24, 2.45) is 0 Å². The number of carbonyl (C=O) groups is 2. The predicted octanol–water partition coefficient (Wildman–Crippen LogP) is 3.60. The van der Waals surface area contributed by atoms with E-state index in [1.54, 1.807) is 39.4 Å². The van der Waals surface area contributed by atoms with E-state index in [4.69, 9.17) is 4.74 Å². The van der Waals surface area contributed by atoms with Gasteiger partial charge in [-0.1, -0.05) is 18.2 Å². The molecule has 0 aliphatic heterocycles. The first-order valence-electron chi connectivity index (χ1n) is 7.29. The summed E-state index contributed by atoms with van der Waals surface area (Å²) >= 11 is 0.992. The highest BCUT2D eigenvalue weighted by molar-refractivity contribution is 8.13. The highest BCUT2D eigenvalue weighted by Gasteiger charge is 2.16. The fraction of sp³-hybridized carbons (Fsp3) is 0.222. The highest BCUT2D eigenvalue weighted by atomic mass is 32.2. The van der Waals surface area contributed by atoms with E-state index in [0.717, 1.165) is 17.3 Å². The highest BCUT2D eigenvalue weighted by Crippen LogP contribution is 2.29. The summed E-state index contributed by atoms with van der Waals surface area (Å²) in [6, 6.07) is 11.9. The van der Waals surface area contributed by atoms with E-state index >= 15 is 0 Å². The lowest BCUT2D eigenvalue weighted by Gasteiger charge is -2.11. The zero-order valence-electron chi connectivity index (χ0n) is 13.8. The zero-order chi connectivity index (χ0) is 17.7. The molecule has 5 nitrogen and oxygen atoms in total. The minimum atomic E-state index is -0.215. The SMILES string of the molecule is COc1ccccc1CC(=O)c1ccc(SC(=O)N(C)C)cc1O. The van der Waals surface area contributed by atoms with Gasteiger partial charge in [0.2, 0.25) is 0 Å². The summed E-state index contributed by atoms with van der Waals surface area (Å²) in [6.45, 7) is 0. The Morgan fingerprint density at radius 1 is 1.17 bits per heavy atom. The van der Waals surface area contributed by atoms with Gasteiger partial charge in [0, 0.05) is 31.0 Å². The van der Waals surface area contributed by atoms with Gasteiger partial charge in [-0.2, -0.15) is 0 Å². The van der Waals surface area contributed by atoms with E-state index in [1.807, 2.05) is 18.2 Å². The van der Waals surface area contributed by atoms with E-state index in [0.29, 0.717) is 10.6 Å². The Hall–Kier alpha value is -2.47. The van der Waals surface area contributed by atoms with Crippen molar-refractivity contribution in [3.05, 3.63) is 53.6 Å². The molecule has 0 unspecified atom stereocenters. The number of hydrogen-bond donors (Lipinski definition) is 1. The minimum Gasteiger partial charge on any atom is -0.507 e. The number of phenolic OH excluding ortho intramolecular Hbond substituents is 1. The average Bonchev–Trinajstić information content (AvgIpc) is 2.55. The number of amides is 1. The third-order valence-electron chi connectivity index (χ3n) is 3.38. The van der Waals surface area contributed by atoms with Crippen molar-refractivity contribution in [2.75, 3.05) is 21.2 Å². The zero-order valence-corrected chi connectivity index (χ0v) is 14.6. The van der Waals surface area contributed by atoms with Crippen molar-refractivity contribution in [3.8, 4) is 11.5 Å². The van der Waals surface area contributed by atoms with Crippen molar-refractivity contribution in [1.29, 1.82) is 0 Å². The van der Waals surface area contributed by atoms with Gasteiger partial charge in [0.25, 0.3) is 5.24 Å². The lowest BCUT2D eigenvalue weighted by Crippen LogP contribution is -2.16. The molecule has 0 radical (unpaired) electrons. The summed E-state index contributed by atoms with van der Waals surface area (Å²) in [5, 5.41) is 9.98. The molecular formula is C18H19NO4S. The van der Waals surface area contributed by atoms with Gasteiger partial charge in [-0.25, -0.2) is 0 Å². The largest absolute Gasteiger partial charge is 0.507 e. The molecular weight excluding hydrogens is 326 g/mol. The van der Waals surface area contributed by atoms with Crippen molar-refractivity contribution in [1.82, 2.24) is 4.90 Å². The number of ether oxygens (including phenoxy) is 1. The average molecular weight is 345 g/mol. The summed E-state index contributed by atoms with van der Waals surface area (Å²) in [5.41, 5.74) is 0.980. The molecule has 0 fully saturated rings. The van der Waals surface area contributed by atoms with Crippen LogP contribution in [0.3, 0.4) is 0 Å². The van der Waals surface area contributed by atoms with Gasteiger partial charge in [0.05, 0.1) is 12.7 Å². The van der Waals surface area contributed by atoms with Gasteiger partial charge >= 0.3 is 0 Å². The van der Waals surface area contributed by atoms with Crippen LogP contribution in [0.1, 0.15) is 15.9 Å². The lowest BCUT2D eigenvalue weighted by atomic mass is 10.0. The Kier molecular flexibility index (Phi) is 5.87. The van der Waals surface area contributed by atoms with Crippen LogP contribution in [0.2, 0.25) is 0 Å². The number of hydrogen-bond acceptors (Lipinski definition) is 5. The topological polar surface area (TPSA) is 66.8 Å². The van der Waals surface area contributed by atoms with Crippen LogP contribution >= 0.6 is 11.8 Å². The molecule has 0 aliphatic rings. The fourth-order valence-electron chi connectivity index (χ4n) is 2.12. The van der Waals surface area contributed by atoms with Gasteiger partial charge in [-0.15, -0.1) is 0 Å². The van der Waals surface area contributed by atoms with Gasteiger partial charge in [0.15, 0.2) is 5.78 Å². The van der Waals surface area contributed by atoms with E-state index in [1.165, 1.54) is 11.0 Å². The molecule has 0 saturated carbocycles. The Morgan fingerprint density at radius 3 is 2.50 bits per heavy atom. The number of rotatable bonds is 5. The van der Waals surface area contributed by atoms with Gasteiger partial charge < -0.3 is 14.7 Å². The first kappa shape index (κ1) is 17.9. The number of Topliss-reactive ketones (excluding diaryl/α,β-unsaturated/α-hetero) is 1. The molecule has 126 valence electrons. The molecule has 0 aromatic heterocycles. The number of methoxy groups -OCH3 is 1. The summed E-state index contributed by atoms with van der Waals surface area (Å²) in [6.07, 6.45) is 0.126. The monoisotopic (exact) mass is 345 g/mol. The number of aromatic hydroxyl groups is 1.